The van der Waals surface area contributed by atoms with Crippen LogP contribution in [0.2, 0.25) is 0 Å². The molecular formula is C17H23N3. The summed E-state index contributed by atoms with van der Waals surface area (Å²) in [5.41, 5.74) is 3.62. The molecule has 106 valence electrons. The van der Waals surface area contributed by atoms with E-state index in [1.807, 2.05) is 18.3 Å². The maximum atomic E-state index is 4.36. The Labute approximate surface area is 121 Å². The van der Waals surface area contributed by atoms with E-state index >= 15 is 0 Å². The van der Waals surface area contributed by atoms with Gasteiger partial charge in [0.05, 0.1) is 12.2 Å². The molecule has 0 fully saturated rings. The van der Waals surface area contributed by atoms with E-state index in [2.05, 4.69) is 66.4 Å². The second-order valence-electron chi connectivity index (χ2n) is 5.05. The van der Waals surface area contributed by atoms with Crippen LogP contribution in [-0.4, -0.2) is 18.6 Å². The summed E-state index contributed by atoms with van der Waals surface area (Å²) < 4.78 is 0. The van der Waals surface area contributed by atoms with Crippen molar-refractivity contribution < 1.29 is 0 Å². The summed E-state index contributed by atoms with van der Waals surface area (Å²) in [7, 11) is 2.09. The van der Waals surface area contributed by atoms with Gasteiger partial charge in [0.2, 0.25) is 0 Å². The first-order valence-electron chi connectivity index (χ1n) is 7.15. The van der Waals surface area contributed by atoms with Gasteiger partial charge in [-0.3, -0.25) is 4.98 Å². The number of pyridine rings is 1. The third-order valence-electron chi connectivity index (χ3n) is 3.47. The molecule has 1 N–H and O–H groups in total. The SMILES string of the molecule is CCNC(C)c1ccc(N(C)Cc2ccccn2)cc1. The minimum absolute atomic E-state index is 0.398. The van der Waals surface area contributed by atoms with Gasteiger partial charge < -0.3 is 10.2 Å². The molecule has 1 unspecified atom stereocenters. The van der Waals surface area contributed by atoms with Gasteiger partial charge in [0, 0.05) is 25.0 Å². The van der Waals surface area contributed by atoms with Crippen molar-refractivity contribution in [1.82, 2.24) is 10.3 Å². The highest BCUT2D eigenvalue weighted by atomic mass is 15.1. The largest absolute Gasteiger partial charge is 0.369 e. The number of aromatic nitrogens is 1. The van der Waals surface area contributed by atoms with Crippen molar-refractivity contribution in [2.75, 3.05) is 18.5 Å². The van der Waals surface area contributed by atoms with Gasteiger partial charge >= 0.3 is 0 Å². The van der Waals surface area contributed by atoms with E-state index in [1.165, 1.54) is 11.3 Å². The van der Waals surface area contributed by atoms with Crippen LogP contribution in [0.1, 0.15) is 31.1 Å². The second kappa shape index (κ2) is 7.06. The first kappa shape index (κ1) is 14.5. The van der Waals surface area contributed by atoms with Crippen molar-refractivity contribution in [2.45, 2.75) is 26.4 Å². The van der Waals surface area contributed by atoms with Gasteiger partial charge in [-0.15, -0.1) is 0 Å². The Morgan fingerprint density at radius 3 is 2.50 bits per heavy atom. The zero-order valence-electron chi connectivity index (χ0n) is 12.5. The molecule has 3 heteroatoms. The summed E-state index contributed by atoms with van der Waals surface area (Å²) in [6, 6.07) is 15.2. The number of rotatable bonds is 6. The number of hydrogen-bond donors (Lipinski definition) is 1. The third-order valence-corrected chi connectivity index (χ3v) is 3.47. The molecule has 1 heterocycles. The Bertz CT molecular complexity index is 508. The van der Waals surface area contributed by atoms with Gasteiger partial charge in [-0.1, -0.05) is 25.1 Å². The Kier molecular flexibility index (Phi) is 5.13. The minimum atomic E-state index is 0.398. The summed E-state index contributed by atoms with van der Waals surface area (Å²) in [6.07, 6.45) is 1.84. The molecule has 0 radical (unpaired) electrons. The number of hydrogen-bond acceptors (Lipinski definition) is 3. The third kappa shape index (κ3) is 3.81. The highest BCUT2D eigenvalue weighted by Crippen LogP contribution is 2.19. The molecule has 20 heavy (non-hydrogen) atoms. The first-order chi connectivity index (χ1) is 9.70. The molecule has 1 atom stereocenters. The van der Waals surface area contributed by atoms with E-state index in [0.717, 1.165) is 18.8 Å². The van der Waals surface area contributed by atoms with Crippen molar-refractivity contribution >= 4 is 5.69 Å². The lowest BCUT2D eigenvalue weighted by Gasteiger charge is -2.20. The van der Waals surface area contributed by atoms with Gasteiger partial charge in [0.15, 0.2) is 0 Å². The monoisotopic (exact) mass is 269 g/mol. The van der Waals surface area contributed by atoms with Gasteiger partial charge in [-0.2, -0.15) is 0 Å². The highest BCUT2D eigenvalue weighted by molar-refractivity contribution is 5.47. The predicted octanol–water partition coefficient (Wildman–Crippen LogP) is 3.39. The molecule has 0 spiro atoms. The van der Waals surface area contributed by atoms with Crippen LogP contribution >= 0.6 is 0 Å². The Balaban J connectivity index is 2.02. The molecular weight excluding hydrogens is 246 g/mol. The molecule has 0 amide bonds. The molecule has 0 aliphatic rings. The second-order valence-corrected chi connectivity index (χ2v) is 5.05. The number of benzene rings is 1. The molecule has 0 saturated heterocycles. The average Bonchev–Trinajstić information content (AvgIpc) is 2.48. The topological polar surface area (TPSA) is 28.2 Å². The van der Waals surface area contributed by atoms with Crippen LogP contribution in [0.15, 0.2) is 48.7 Å². The van der Waals surface area contributed by atoms with E-state index in [1.54, 1.807) is 0 Å². The van der Waals surface area contributed by atoms with Gasteiger partial charge in [-0.05, 0) is 43.3 Å². The van der Waals surface area contributed by atoms with Crippen LogP contribution in [0, 0.1) is 0 Å². The van der Waals surface area contributed by atoms with E-state index in [0.29, 0.717) is 6.04 Å². The zero-order chi connectivity index (χ0) is 14.4. The zero-order valence-corrected chi connectivity index (χ0v) is 12.5. The molecule has 0 aliphatic heterocycles. The van der Waals surface area contributed by atoms with Crippen molar-refractivity contribution in [1.29, 1.82) is 0 Å². The van der Waals surface area contributed by atoms with Crippen LogP contribution in [-0.2, 0) is 6.54 Å². The molecule has 3 nitrogen and oxygen atoms in total. The number of anilines is 1. The normalized spacial score (nSPS) is 12.2. The molecule has 1 aromatic heterocycles. The van der Waals surface area contributed by atoms with Gasteiger partial charge in [0.25, 0.3) is 0 Å². The highest BCUT2D eigenvalue weighted by Gasteiger charge is 2.06. The van der Waals surface area contributed by atoms with Crippen LogP contribution < -0.4 is 10.2 Å². The fourth-order valence-corrected chi connectivity index (χ4v) is 2.27. The summed E-state index contributed by atoms with van der Waals surface area (Å²) >= 11 is 0. The van der Waals surface area contributed by atoms with E-state index < -0.39 is 0 Å². The average molecular weight is 269 g/mol. The first-order valence-corrected chi connectivity index (χ1v) is 7.15. The fraction of sp³-hybridized carbons (Fsp3) is 0.353. The minimum Gasteiger partial charge on any atom is -0.369 e. The molecule has 0 aliphatic carbocycles. The summed E-state index contributed by atoms with van der Waals surface area (Å²) in [5.74, 6) is 0. The van der Waals surface area contributed by atoms with E-state index in [-0.39, 0.29) is 0 Å². The Morgan fingerprint density at radius 2 is 1.90 bits per heavy atom. The molecule has 1 aromatic carbocycles. The molecule has 0 bridgehead atoms. The van der Waals surface area contributed by atoms with Crippen LogP contribution in [0.3, 0.4) is 0 Å². The van der Waals surface area contributed by atoms with E-state index in [9.17, 15) is 0 Å². The van der Waals surface area contributed by atoms with Crippen molar-refractivity contribution in [2.24, 2.45) is 0 Å². The Hall–Kier alpha value is -1.87. The number of nitrogens with zero attached hydrogens (tertiary/aromatic N) is 2. The number of nitrogens with one attached hydrogen (secondary N) is 1. The van der Waals surface area contributed by atoms with Crippen LogP contribution in [0.5, 0.6) is 0 Å². The van der Waals surface area contributed by atoms with Crippen molar-refractivity contribution in [3.8, 4) is 0 Å². The van der Waals surface area contributed by atoms with Crippen molar-refractivity contribution in [3.63, 3.8) is 0 Å². The maximum Gasteiger partial charge on any atom is 0.0598 e. The fourth-order valence-electron chi connectivity index (χ4n) is 2.27. The quantitative estimate of drug-likeness (QED) is 0.871. The lowest BCUT2D eigenvalue weighted by Crippen LogP contribution is -2.19. The summed E-state index contributed by atoms with van der Waals surface area (Å²) in [4.78, 5) is 6.58. The van der Waals surface area contributed by atoms with Crippen LogP contribution in [0.25, 0.3) is 0 Å². The Morgan fingerprint density at radius 1 is 1.15 bits per heavy atom. The molecule has 2 aromatic rings. The molecule has 0 saturated carbocycles. The summed E-state index contributed by atoms with van der Waals surface area (Å²) in [6.45, 7) is 6.13. The smallest absolute Gasteiger partial charge is 0.0598 e. The van der Waals surface area contributed by atoms with Crippen LogP contribution in [0.4, 0.5) is 5.69 Å². The van der Waals surface area contributed by atoms with E-state index in [4.69, 9.17) is 0 Å². The summed E-state index contributed by atoms with van der Waals surface area (Å²) in [5, 5.41) is 3.43. The van der Waals surface area contributed by atoms with Gasteiger partial charge in [-0.25, -0.2) is 0 Å². The van der Waals surface area contributed by atoms with Crippen molar-refractivity contribution in [3.05, 3.63) is 59.9 Å². The molecule has 2 rings (SSSR count). The maximum absolute atomic E-state index is 4.36. The van der Waals surface area contributed by atoms with Gasteiger partial charge in [0.1, 0.15) is 0 Å². The lowest BCUT2D eigenvalue weighted by atomic mass is 10.1. The predicted molar refractivity (Wildman–Crippen MR) is 84.9 cm³/mol. The standard InChI is InChI=1S/C17H23N3/c1-4-18-14(2)15-8-10-17(11-9-15)20(3)13-16-7-5-6-12-19-16/h5-12,14,18H,4,13H2,1-3H3. The lowest BCUT2D eigenvalue weighted by molar-refractivity contribution is 0.598.